The number of isocyanates is 2. The van der Waals surface area contributed by atoms with E-state index in [0.717, 1.165) is 18.4 Å². The molecule has 7 heteroatoms. The molecule has 0 amide bonds. The van der Waals surface area contributed by atoms with Crippen LogP contribution in [0, 0.1) is 10.8 Å². The van der Waals surface area contributed by atoms with Gasteiger partial charge < -0.3 is 4.55 Å². The first kappa shape index (κ1) is 15.9. The van der Waals surface area contributed by atoms with Crippen LogP contribution in [-0.2, 0) is 20.7 Å². The monoisotopic (exact) mass is 165 g/mol. The van der Waals surface area contributed by atoms with Crippen molar-refractivity contribution in [2.24, 2.45) is 0 Å². The summed E-state index contributed by atoms with van der Waals surface area (Å²) >= 11 is -1.86. The highest BCUT2D eigenvalue weighted by Gasteiger charge is 1.41. The first-order valence-corrected chi connectivity index (χ1v) is 3.13. The van der Waals surface area contributed by atoms with Crippen LogP contribution in [0.25, 0.3) is 0 Å². The van der Waals surface area contributed by atoms with E-state index < -0.39 is 11.1 Å². The van der Waals surface area contributed by atoms with Gasteiger partial charge in [-0.2, -0.15) is 0 Å². The lowest BCUT2D eigenvalue weighted by molar-refractivity contribution is 0.543. The summed E-state index contributed by atoms with van der Waals surface area (Å²) in [6.07, 6.45) is 2.58. The van der Waals surface area contributed by atoms with Gasteiger partial charge in [0.05, 0.1) is 0 Å². The van der Waals surface area contributed by atoms with Crippen molar-refractivity contribution in [3.63, 3.8) is 0 Å². The Kier molecular flexibility index (Phi) is 39.5. The maximum absolute atomic E-state index is 9.00. The summed E-state index contributed by atoms with van der Waals surface area (Å²) in [7, 11) is 0. The molecular weight excluding hydrogens is 160 g/mol. The highest BCUT2D eigenvalue weighted by Crippen LogP contribution is 1.45. The molecule has 0 fully saturated rings. The van der Waals surface area contributed by atoms with Gasteiger partial charge in [0.2, 0.25) is 12.2 Å². The summed E-state index contributed by atoms with van der Waals surface area (Å²) in [5.74, 6) is 0. The van der Waals surface area contributed by atoms with Crippen molar-refractivity contribution in [1.82, 2.24) is 0 Å². The predicted molar refractivity (Wildman–Crippen MR) is 31.7 cm³/mol. The quantitative estimate of drug-likeness (QED) is 0.280. The van der Waals surface area contributed by atoms with E-state index in [0.29, 0.717) is 0 Å². The highest BCUT2D eigenvalue weighted by atomic mass is 32.2. The minimum Gasteiger partial charge on any atom is -0.773 e. The summed E-state index contributed by atoms with van der Waals surface area (Å²) < 4.78 is 18.0. The van der Waals surface area contributed by atoms with Crippen molar-refractivity contribution in [3.8, 4) is 0 Å². The van der Waals surface area contributed by atoms with E-state index in [9.17, 15) is 0 Å². The Balaban J connectivity index is -0.0000000750. The molecule has 0 radical (unpaired) electrons. The van der Waals surface area contributed by atoms with Crippen LogP contribution in [0.3, 0.4) is 0 Å². The summed E-state index contributed by atoms with van der Waals surface area (Å²) in [5.41, 5.74) is 0. The van der Waals surface area contributed by atoms with E-state index in [-0.39, 0.29) is 0 Å². The Labute approximate surface area is 59.6 Å². The van der Waals surface area contributed by atoms with Crippen LogP contribution < -0.4 is 0 Å². The fraction of sp³-hybridized carbons (Fsp3) is 0.333. The molecule has 0 aliphatic heterocycles. The zero-order valence-electron chi connectivity index (χ0n) is 5.04. The van der Waals surface area contributed by atoms with Gasteiger partial charge >= 0.3 is 0 Å². The zero-order valence-corrected chi connectivity index (χ0v) is 5.86. The fourth-order valence-corrected chi connectivity index (χ4v) is 0. The molecule has 0 saturated heterocycles. The SMILES string of the molecule is CS(=O)[O-].N=C=O.N=C=O. The van der Waals surface area contributed by atoms with Crippen molar-refractivity contribution >= 4 is 23.2 Å². The van der Waals surface area contributed by atoms with Crippen LogP contribution in [-0.4, -0.2) is 27.2 Å². The molecule has 0 saturated carbocycles. The van der Waals surface area contributed by atoms with Crippen molar-refractivity contribution in [2.75, 3.05) is 6.26 Å². The third kappa shape index (κ3) is 185. The van der Waals surface area contributed by atoms with Gasteiger partial charge in [-0.25, -0.2) is 20.4 Å². The Morgan fingerprint density at radius 2 is 1.30 bits per heavy atom. The topological polar surface area (TPSA) is 122 Å². The van der Waals surface area contributed by atoms with E-state index in [2.05, 4.69) is 0 Å². The molecule has 58 valence electrons. The van der Waals surface area contributed by atoms with Crippen molar-refractivity contribution in [1.29, 1.82) is 10.8 Å². The molecule has 0 aromatic rings. The van der Waals surface area contributed by atoms with Crippen LogP contribution in [0.15, 0.2) is 0 Å². The number of carbonyl (C=O) groups excluding carboxylic acids is 2. The molecule has 2 N–H and O–H groups in total. The molecule has 1 atom stereocenters. The Hall–Kier alpha value is -1.13. The van der Waals surface area contributed by atoms with Gasteiger partial charge in [0.15, 0.2) is 0 Å². The van der Waals surface area contributed by atoms with Crippen LogP contribution in [0.4, 0.5) is 0 Å². The van der Waals surface area contributed by atoms with Gasteiger partial charge in [-0.15, -0.1) is 0 Å². The van der Waals surface area contributed by atoms with Crippen molar-refractivity contribution in [2.45, 2.75) is 0 Å². The third-order valence-electron chi connectivity index (χ3n) is 0. The molecule has 0 aliphatic carbocycles. The Morgan fingerprint density at radius 1 is 1.30 bits per heavy atom. The highest BCUT2D eigenvalue weighted by molar-refractivity contribution is 7.78. The second-order valence-corrected chi connectivity index (χ2v) is 1.41. The smallest absolute Gasteiger partial charge is 0.231 e. The fourth-order valence-electron chi connectivity index (χ4n) is 0. The van der Waals surface area contributed by atoms with Gasteiger partial charge in [-0.3, -0.25) is 4.21 Å². The van der Waals surface area contributed by atoms with Crippen LogP contribution in [0.2, 0.25) is 0 Å². The molecule has 10 heavy (non-hydrogen) atoms. The van der Waals surface area contributed by atoms with E-state index in [1.165, 1.54) is 0 Å². The van der Waals surface area contributed by atoms with Gasteiger partial charge in [0.1, 0.15) is 0 Å². The molecule has 0 bridgehead atoms. The zero-order chi connectivity index (χ0) is 8.99. The molecule has 0 rings (SSSR count). The lowest BCUT2D eigenvalue weighted by Gasteiger charge is -1.85. The van der Waals surface area contributed by atoms with Crippen LogP contribution in [0.1, 0.15) is 0 Å². The van der Waals surface area contributed by atoms with Crippen LogP contribution in [0.5, 0.6) is 0 Å². The maximum Gasteiger partial charge on any atom is 0.231 e. The summed E-state index contributed by atoms with van der Waals surface area (Å²) in [6.45, 7) is 0. The summed E-state index contributed by atoms with van der Waals surface area (Å²) in [4.78, 5) is 16.7. The third-order valence-corrected chi connectivity index (χ3v) is 0. The predicted octanol–water partition coefficient (Wildman–Crippen LogP) is -0.703. The first-order chi connectivity index (χ1) is 4.56. The summed E-state index contributed by atoms with van der Waals surface area (Å²) in [5, 5.41) is 10.8. The largest absolute Gasteiger partial charge is 0.773 e. The number of hydrogen-bond donors (Lipinski definition) is 2. The number of hydrogen-bond acceptors (Lipinski definition) is 6. The van der Waals surface area contributed by atoms with E-state index >= 15 is 0 Å². The van der Waals surface area contributed by atoms with E-state index in [1.54, 1.807) is 0 Å². The molecule has 0 aliphatic rings. The number of rotatable bonds is 0. The summed E-state index contributed by atoms with van der Waals surface area (Å²) in [6, 6.07) is 0. The molecule has 0 spiro atoms. The lowest BCUT2D eigenvalue weighted by Crippen LogP contribution is -1.73. The molecule has 1 unspecified atom stereocenters. The second kappa shape index (κ2) is 24.8. The normalized spacial score (nSPS) is 7.80. The lowest BCUT2D eigenvalue weighted by atomic mass is 11.7. The van der Waals surface area contributed by atoms with E-state index in [1.807, 2.05) is 0 Å². The average Bonchev–Trinajstić information content (AvgIpc) is 1.65. The van der Waals surface area contributed by atoms with Crippen LogP contribution >= 0.6 is 0 Å². The van der Waals surface area contributed by atoms with Crippen molar-refractivity contribution in [3.05, 3.63) is 0 Å². The van der Waals surface area contributed by atoms with Gasteiger partial charge in [0, 0.05) is 0 Å². The van der Waals surface area contributed by atoms with E-state index in [4.69, 9.17) is 29.2 Å². The van der Waals surface area contributed by atoms with Gasteiger partial charge in [-0.05, 0) is 6.26 Å². The standard InChI is InChI=1S/2CHNO.CH4O2S/c2*2-1-3;1-4(2)3/h2*2H;1H3,(H,2,3)/p-1. The van der Waals surface area contributed by atoms with Gasteiger partial charge in [-0.1, -0.05) is 11.1 Å². The molecule has 0 heterocycles. The minimum absolute atomic E-state index is 0.750. The Morgan fingerprint density at radius 3 is 1.30 bits per heavy atom. The molecule has 0 aromatic carbocycles. The number of nitrogens with one attached hydrogen (secondary N) is 2. The maximum atomic E-state index is 9.00. The van der Waals surface area contributed by atoms with Gasteiger partial charge in [0.25, 0.3) is 0 Å². The Bertz CT molecular complexity index is 129. The second-order valence-electron chi connectivity index (χ2n) is 0.605. The minimum atomic E-state index is -1.86. The van der Waals surface area contributed by atoms with Crippen molar-refractivity contribution < 1.29 is 18.4 Å². The molecule has 0 aromatic heterocycles. The molecule has 6 nitrogen and oxygen atoms in total. The average molecular weight is 165 g/mol. The first-order valence-electron chi connectivity index (χ1n) is 1.65. The molecular formula is C3H5N2O4S-.